The van der Waals surface area contributed by atoms with Crippen molar-refractivity contribution in [3.63, 3.8) is 0 Å². The van der Waals surface area contributed by atoms with Crippen LogP contribution in [-0.2, 0) is 0 Å². The summed E-state index contributed by atoms with van der Waals surface area (Å²) in [6, 6.07) is 60.3. The number of anilines is 3. The minimum Gasteiger partial charge on any atom is -0.456 e. The van der Waals surface area contributed by atoms with Gasteiger partial charge in [-0.25, -0.2) is 0 Å². The molecule has 8 aromatic carbocycles. The zero-order chi connectivity index (χ0) is 32.8. The first-order chi connectivity index (χ1) is 24.8. The van der Waals surface area contributed by atoms with E-state index in [1.54, 1.807) is 0 Å². The van der Waals surface area contributed by atoms with Crippen molar-refractivity contribution < 1.29 is 8.83 Å². The Kier molecular flexibility index (Phi) is 5.63. The molecule has 0 unspecified atom stereocenters. The summed E-state index contributed by atoms with van der Waals surface area (Å²) in [4.78, 5) is 2.35. The molecule has 4 heteroatoms. The largest absolute Gasteiger partial charge is 0.456 e. The van der Waals surface area contributed by atoms with Gasteiger partial charge in [0.05, 0.1) is 11.0 Å². The average molecular weight is 641 g/mol. The van der Waals surface area contributed by atoms with Gasteiger partial charge in [-0.05, 0) is 95.7 Å². The number of furan rings is 2. The van der Waals surface area contributed by atoms with E-state index >= 15 is 0 Å². The second-order valence-electron chi connectivity index (χ2n) is 13.0. The molecule has 0 aliphatic carbocycles. The van der Waals surface area contributed by atoms with Crippen molar-refractivity contribution >= 4 is 93.5 Å². The molecule has 50 heavy (non-hydrogen) atoms. The second-order valence-corrected chi connectivity index (χ2v) is 13.0. The van der Waals surface area contributed by atoms with E-state index in [1.165, 1.54) is 27.1 Å². The van der Waals surface area contributed by atoms with Gasteiger partial charge in [0, 0.05) is 55.1 Å². The van der Waals surface area contributed by atoms with E-state index in [0.29, 0.717) is 0 Å². The number of hydrogen-bond acceptors (Lipinski definition) is 3. The Morgan fingerprint density at radius 3 is 1.68 bits per heavy atom. The number of hydrogen-bond donors (Lipinski definition) is 0. The Morgan fingerprint density at radius 1 is 0.340 bits per heavy atom. The van der Waals surface area contributed by atoms with Crippen LogP contribution in [0, 0.1) is 0 Å². The van der Waals surface area contributed by atoms with Crippen LogP contribution < -0.4 is 4.90 Å². The van der Waals surface area contributed by atoms with Crippen molar-refractivity contribution in [1.82, 2.24) is 4.57 Å². The van der Waals surface area contributed by atoms with Crippen LogP contribution in [0.15, 0.2) is 179 Å². The first-order valence-electron chi connectivity index (χ1n) is 16.9. The smallest absolute Gasteiger partial charge is 0.136 e. The normalized spacial score (nSPS) is 12.0. The van der Waals surface area contributed by atoms with Gasteiger partial charge in [0.25, 0.3) is 0 Å². The summed E-state index contributed by atoms with van der Waals surface area (Å²) >= 11 is 0. The number of benzene rings is 8. The Labute approximate surface area is 286 Å². The van der Waals surface area contributed by atoms with Crippen molar-refractivity contribution in [1.29, 1.82) is 0 Å². The topological polar surface area (TPSA) is 34.5 Å². The molecule has 0 atom stereocenters. The van der Waals surface area contributed by atoms with E-state index < -0.39 is 0 Å². The lowest BCUT2D eigenvalue weighted by Crippen LogP contribution is -2.10. The third-order valence-electron chi connectivity index (χ3n) is 10.1. The van der Waals surface area contributed by atoms with Gasteiger partial charge in [-0.2, -0.15) is 0 Å². The van der Waals surface area contributed by atoms with Gasteiger partial charge in [-0.15, -0.1) is 0 Å². The van der Waals surface area contributed by atoms with Crippen molar-refractivity contribution in [3.8, 4) is 5.69 Å². The molecule has 234 valence electrons. The maximum atomic E-state index is 6.42. The fourth-order valence-electron chi connectivity index (χ4n) is 7.84. The van der Waals surface area contributed by atoms with Crippen LogP contribution in [0.5, 0.6) is 0 Å². The molecule has 3 heterocycles. The first-order valence-corrected chi connectivity index (χ1v) is 16.9. The van der Waals surface area contributed by atoms with Crippen LogP contribution in [0.3, 0.4) is 0 Å². The van der Waals surface area contributed by atoms with Crippen LogP contribution in [0.2, 0.25) is 0 Å². The molecule has 0 saturated carbocycles. The highest BCUT2D eigenvalue weighted by Gasteiger charge is 2.20. The minimum absolute atomic E-state index is 0.870. The molecule has 0 bridgehead atoms. The highest BCUT2D eigenvalue weighted by molar-refractivity contribution is 6.13. The zero-order valence-electron chi connectivity index (χ0n) is 26.9. The standard InChI is InChI=1S/C46H28N2O2/c1-2-12-31(13-3-1)48-41-16-8-6-14-35(41)36-21-18-34(28-42(36)48)47(32-19-22-44-39(26-32)37-15-7-9-17-43(37)49-44)33-20-23-45-40(27-33)38-24-29-10-4-5-11-30(29)25-46(38)50-45/h1-28H. The van der Waals surface area contributed by atoms with E-state index in [9.17, 15) is 0 Å². The van der Waals surface area contributed by atoms with Gasteiger partial charge < -0.3 is 18.3 Å². The van der Waals surface area contributed by atoms with E-state index in [2.05, 4.69) is 167 Å². The Hall–Kier alpha value is -6.78. The lowest BCUT2D eigenvalue weighted by Gasteiger charge is -2.26. The molecule has 0 N–H and O–H groups in total. The van der Waals surface area contributed by atoms with Crippen molar-refractivity contribution in [2.75, 3.05) is 4.90 Å². The third kappa shape index (κ3) is 3.99. The number of para-hydroxylation sites is 3. The summed E-state index contributed by atoms with van der Waals surface area (Å²) in [7, 11) is 0. The zero-order valence-corrected chi connectivity index (χ0v) is 26.9. The summed E-state index contributed by atoms with van der Waals surface area (Å²) in [5.74, 6) is 0. The fourth-order valence-corrected chi connectivity index (χ4v) is 7.84. The van der Waals surface area contributed by atoms with Gasteiger partial charge in [0.2, 0.25) is 0 Å². The van der Waals surface area contributed by atoms with Gasteiger partial charge >= 0.3 is 0 Å². The third-order valence-corrected chi connectivity index (χ3v) is 10.1. The molecule has 0 aliphatic rings. The first kappa shape index (κ1) is 27.2. The van der Waals surface area contributed by atoms with E-state index in [0.717, 1.165) is 72.1 Å². The molecular weight excluding hydrogens is 613 g/mol. The SMILES string of the molecule is c1ccc(-n2c3ccccc3c3ccc(N(c4ccc5oc6ccccc6c5c4)c4ccc5oc6cc7ccccc7cc6c5c4)cc32)cc1. The molecule has 0 saturated heterocycles. The molecule has 0 fully saturated rings. The molecule has 0 spiro atoms. The van der Waals surface area contributed by atoms with E-state index in [-0.39, 0.29) is 0 Å². The van der Waals surface area contributed by atoms with Crippen molar-refractivity contribution in [2.45, 2.75) is 0 Å². The monoisotopic (exact) mass is 640 g/mol. The summed E-state index contributed by atoms with van der Waals surface area (Å²) < 4.78 is 15.0. The summed E-state index contributed by atoms with van der Waals surface area (Å²) in [6.45, 7) is 0. The van der Waals surface area contributed by atoms with Crippen LogP contribution in [0.1, 0.15) is 0 Å². The maximum Gasteiger partial charge on any atom is 0.136 e. The lowest BCUT2D eigenvalue weighted by atomic mass is 10.0. The average Bonchev–Trinajstić information content (AvgIpc) is 3.83. The van der Waals surface area contributed by atoms with Crippen LogP contribution >= 0.6 is 0 Å². The highest BCUT2D eigenvalue weighted by Crippen LogP contribution is 2.43. The van der Waals surface area contributed by atoms with Crippen LogP contribution in [0.4, 0.5) is 17.1 Å². The molecule has 0 amide bonds. The quantitative estimate of drug-likeness (QED) is 0.192. The molecule has 4 nitrogen and oxygen atoms in total. The fraction of sp³-hybridized carbons (Fsp3) is 0. The van der Waals surface area contributed by atoms with Gasteiger partial charge in [-0.3, -0.25) is 0 Å². The number of aromatic nitrogens is 1. The number of fused-ring (bicyclic) bond motifs is 10. The van der Waals surface area contributed by atoms with E-state index in [1.807, 2.05) is 12.1 Å². The van der Waals surface area contributed by atoms with Gasteiger partial charge in [-0.1, -0.05) is 84.9 Å². The molecular formula is C46H28N2O2. The predicted molar refractivity (Wildman–Crippen MR) is 208 cm³/mol. The lowest BCUT2D eigenvalue weighted by molar-refractivity contribution is 0.669. The Morgan fingerprint density at radius 2 is 0.880 bits per heavy atom. The maximum absolute atomic E-state index is 6.42. The number of nitrogens with zero attached hydrogens (tertiary/aromatic N) is 2. The molecule has 11 aromatic rings. The minimum atomic E-state index is 0.870. The molecule has 3 aromatic heterocycles. The van der Waals surface area contributed by atoms with Crippen LogP contribution in [-0.4, -0.2) is 4.57 Å². The molecule has 11 rings (SSSR count). The van der Waals surface area contributed by atoms with Gasteiger partial charge in [0.1, 0.15) is 22.3 Å². The van der Waals surface area contributed by atoms with E-state index in [4.69, 9.17) is 8.83 Å². The second kappa shape index (κ2) is 10.4. The van der Waals surface area contributed by atoms with Crippen molar-refractivity contribution in [3.05, 3.63) is 170 Å². The Bertz CT molecular complexity index is 3110. The summed E-state index contributed by atoms with van der Waals surface area (Å²) in [5.41, 5.74) is 10.1. The molecule has 0 aliphatic heterocycles. The van der Waals surface area contributed by atoms with Crippen LogP contribution in [0.25, 0.3) is 82.1 Å². The molecule has 0 radical (unpaired) electrons. The summed E-state index contributed by atoms with van der Waals surface area (Å²) in [5, 5.41) is 9.20. The summed E-state index contributed by atoms with van der Waals surface area (Å²) in [6.07, 6.45) is 0. The van der Waals surface area contributed by atoms with Gasteiger partial charge in [0.15, 0.2) is 0 Å². The van der Waals surface area contributed by atoms with Crippen molar-refractivity contribution in [2.24, 2.45) is 0 Å². The number of rotatable bonds is 4. The highest BCUT2D eigenvalue weighted by atomic mass is 16.3. The predicted octanol–water partition coefficient (Wildman–Crippen LogP) is 13.2. The Balaban J connectivity index is 1.19.